The number of hydrogen-bond donors (Lipinski definition) is 0. The van der Waals surface area contributed by atoms with Crippen molar-refractivity contribution in [1.82, 2.24) is 0 Å². The molecule has 0 saturated heterocycles. The van der Waals surface area contributed by atoms with E-state index in [1.54, 1.807) is 25.1 Å². The maximum atomic E-state index is 13.0. The van der Waals surface area contributed by atoms with Gasteiger partial charge < -0.3 is 0 Å². The summed E-state index contributed by atoms with van der Waals surface area (Å²) in [4.78, 5) is 12.2. The van der Waals surface area contributed by atoms with Crippen LogP contribution in [0.25, 0.3) is 0 Å². The van der Waals surface area contributed by atoms with Crippen molar-refractivity contribution in [1.29, 1.82) is 0 Å². The Hall–Kier alpha value is -1.38. The van der Waals surface area contributed by atoms with Gasteiger partial charge in [-0.3, -0.25) is 4.79 Å². The summed E-state index contributed by atoms with van der Waals surface area (Å²) in [6.45, 7) is 1.70. The van der Waals surface area contributed by atoms with Crippen LogP contribution in [0.4, 0.5) is 4.39 Å². The number of hydrogen-bond acceptors (Lipinski definition) is 1. The zero-order valence-electron chi connectivity index (χ0n) is 10.2. The number of benzene rings is 2. The van der Waals surface area contributed by atoms with Gasteiger partial charge in [-0.1, -0.05) is 23.2 Å². The summed E-state index contributed by atoms with van der Waals surface area (Å²) in [6, 6.07) is 9.10. The number of rotatable bonds is 3. The van der Waals surface area contributed by atoms with Crippen LogP contribution in [0.2, 0.25) is 10.0 Å². The van der Waals surface area contributed by atoms with Gasteiger partial charge in [0.2, 0.25) is 0 Å². The number of carbonyl (C=O) groups excluding carboxylic acids is 1. The third-order valence-corrected chi connectivity index (χ3v) is 3.45. The van der Waals surface area contributed by atoms with Crippen molar-refractivity contribution < 1.29 is 9.18 Å². The summed E-state index contributed by atoms with van der Waals surface area (Å²) in [7, 11) is 0. The van der Waals surface area contributed by atoms with Gasteiger partial charge in [-0.05, 0) is 54.4 Å². The molecule has 19 heavy (non-hydrogen) atoms. The van der Waals surface area contributed by atoms with E-state index in [0.29, 0.717) is 26.7 Å². The molecule has 2 aromatic carbocycles. The normalized spacial score (nSPS) is 10.5. The minimum Gasteiger partial charge on any atom is -0.294 e. The molecule has 0 aromatic heterocycles. The first-order chi connectivity index (χ1) is 8.97. The van der Waals surface area contributed by atoms with Gasteiger partial charge in [0.15, 0.2) is 5.78 Å². The molecule has 0 atom stereocenters. The average molecular weight is 297 g/mol. The Kier molecular flexibility index (Phi) is 4.23. The van der Waals surface area contributed by atoms with Crippen LogP contribution < -0.4 is 0 Å². The predicted octanol–water partition coefficient (Wildman–Crippen LogP) is 4.87. The van der Waals surface area contributed by atoms with Crippen molar-refractivity contribution in [2.75, 3.05) is 0 Å². The largest absolute Gasteiger partial charge is 0.294 e. The molecule has 0 amide bonds. The zero-order valence-corrected chi connectivity index (χ0v) is 11.7. The zero-order chi connectivity index (χ0) is 14.0. The molecule has 0 N–H and O–H groups in total. The third-order valence-electron chi connectivity index (χ3n) is 2.85. The number of aryl methyl sites for hydroxylation is 1. The standard InChI is InChI=1S/C15H11Cl2FO/c1-9-6-12(18)3-4-13(9)15(19)8-10-7-11(16)2-5-14(10)17/h2-7H,8H2,1H3. The minimum atomic E-state index is -0.352. The molecule has 0 saturated carbocycles. The lowest BCUT2D eigenvalue weighted by molar-refractivity contribution is 0.0992. The Morgan fingerprint density at radius 3 is 2.58 bits per heavy atom. The van der Waals surface area contributed by atoms with Gasteiger partial charge in [0, 0.05) is 22.0 Å². The highest BCUT2D eigenvalue weighted by Crippen LogP contribution is 2.23. The molecule has 0 heterocycles. The topological polar surface area (TPSA) is 17.1 Å². The smallest absolute Gasteiger partial charge is 0.167 e. The molecular weight excluding hydrogens is 286 g/mol. The fourth-order valence-electron chi connectivity index (χ4n) is 1.89. The molecule has 98 valence electrons. The first-order valence-corrected chi connectivity index (χ1v) is 6.46. The summed E-state index contributed by atoms with van der Waals surface area (Å²) < 4.78 is 13.0. The highest BCUT2D eigenvalue weighted by atomic mass is 35.5. The van der Waals surface area contributed by atoms with Crippen molar-refractivity contribution in [3.63, 3.8) is 0 Å². The Labute approximate surface area is 121 Å². The van der Waals surface area contributed by atoms with E-state index in [9.17, 15) is 9.18 Å². The lowest BCUT2D eigenvalue weighted by Crippen LogP contribution is -2.06. The van der Waals surface area contributed by atoms with Crippen molar-refractivity contribution in [3.05, 3.63) is 69.0 Å². The number of Topliss-reactive ketones (excluding diaryl/α,β-unsaturated/α-hetero) is 1. The van der Waals surface area contributed by atoms with Crippen LogP contribution in [0.15, 0.2) is 36.4 Å². The van der Waals surface area contributed by atoms with Gasteiger partial charge in [0.1, 0.15) is 5.82 Å². The fraction of sp³-hybridized carbons (Fsp3) is 0.133. The molecule has 0 fully saturated rings. The van der Waals surface area contributed by atoms with E-state index >= 15 is 0 Å². The summed E-state index contributed by atoms with van der Waals surface area (Å²) in [5, 5.41) is 1.03. The molecule has 0 aliphatic heterocycles. The van der Waals surface area contributed by atoms with Crippen LogP contribution in [-0.2, 0) is 6.42 Å². The van der Waals surface area contributed by atoms with E-state index in [1.807, 2.05) is 0 Å². The van der Waals surface area contributed by atoms with Crippen LogP contribution in [0, 0.1) is 12.7 Å². The molecule has 2 rings (SSSR count). The van der Waals surface area contributed by atoms with Gasteiger partial charge in [-0.25, -0.2) is 4.39 Å². The van der Waals surface area contributed by atoms with Gasteiger partial charge in [-0.2, -0.15) is 0 Å². The van der Waals surface area contributed by atoms with Crippen molar-refractivity contribution in [3.8, 4) is 0 Å². The van der Waals surface area contributed by atoms with E-state index in [-0.39, 0.29) is 18.0 Å². The Morgan fingerprint density at radius 1 is 1.16 bits per heavy atom. The number of halogens is 3. The molecule has 2 aromatic rings. The number of carbonyl (C=O) groups is 1. The second-order valence-electron chi connectivity index (χ2n) is 4.29. The highest BCUT2D eigenvalue weighted by Gasteiger charge is 2.12. The van der Waals surface area contributed by atoms with Crippen molar-refractivity contribution >= 4 is 29.0 Å². The summed E-state index contributed by atoms with van der Waals surface area (Å²) >= 11 is 11.9. The first-order valence-electron chi connectivity index (χ1n) is 5.70. The van der Waals surface area contributed by atoms with E-state index in [2.05, 4.69) is 0 Å². The minimum absolute atomic E-state index is 0.110. The summed E-state index contributed by atoms with van der Waals surface area (Å²) in [6.07, 6.45) is 0.145. The predicted molar refractivity (Wildman–Crippen MR) is 75.6 cm³/mol. The van der Waals surface area contributed by atoms with E-state index < -0.39 is 0 Å². The summed E-state index contributed by atoms with van der Waals surface area (Å²) in [5.74, 6) is -0.462. The molecule has 0 bridgehead atoms. The average Bonchev–Trinajstić information content (AvgIpc) is 2.33. The monoisotopic (exact) mass is 296 g/mol. The molecular formula is C15H11Cl2FO. The molecule has 4 heteroatoms. The van der Waals surface area contributed by atoms with Crippen LogP contribution >= 0.6 is 23.2 Å². The molecule has 0 aliphatic rings. The van der Waals surface area contributed by atoms with E-state index in [1.165, 1.54) is 18.2 Å². The van der Waals surface area contributed by atoms with Gasteiger partial charge >= 0.3 is 0 Å². The Balaban J connectivity index is 2.28. The number of ketones is 1. The van der Waals surface area contributed by atoms with Gasteiger partial charge in [0.25, 0.3) is 0 Å². The van der Waals surface area contributed by atoms with Gasteiger partial charge in [-0.15, -0.1) is 0 Å². The lowest BCUT2D eigenvalue weighted by Gasteiger charge is -2.07. The Morgan fingerprint density at radius 2 is 1.89 bits per heavy atom. The van der Waals surface area contributed by atoms with E-state index in [4.69, 9.17) is 23.2 Å². The van der Waals surface area contributed by atoms with Crippen molar-refractivity contribution in [2.24, 2.45) is 0 Å². The maximum Gasteiger partial charge on any atom is 0.167 e. The summed E-state index contributed by atoms with van der Waals surface area (Å²) in [5.41, 5.74) is 1.78. The van der Waals surface area contributed by atoms with Crippen LogP contribution in [0.3, 0.4) is 0 Å². The van der Waals surface area contributed by atoms with Crippen LogP contribution in [0.5, 0.6) is 0 Å². The third kappa shape index (κ3) is 3.34. The fourth-order valence-corrected chi connectivity index (χ4v) is 2.27. The first kappa shape index (κ1) is 14.0. The van der Waals surface area contributed by atoms with Crippen LogP contribution in [0.1, 0.15) is 21.5 Å². The molecule has 0 aliphatic carbocycles. The molecule has 0 radical (unpaired) electrons. The molecule has 0 unspecified atom stereocenters. The second-order valence-corrected chi connectivity index (χ2v) is 5.14. The van der Waals surface area contributed by atoms with Crippen LogP contribution in [-0.4, -0.2) is 5.78 Å². The SMILES string of the molecule is Cc1cc(F)ccc1C(=O)Cc1cc(Cl)ccc1Cl. The quantitative estimate of drug-likeness (QED) is 0.739. The second kappa shape index (κ2) is 5.72. The molecule has 0 spiro atoms. The molecule has 1 nitrogen and oxygen atoms in total. The Bertz CT molecular complexity index is 638. The van der Waals surface area contributed by atoms with Crippen molar-refractivity contribution in [2.45, 2.75) is 13.3 Å². The maximum absolute atomic E-state index is 13.0. The lowest BCUT2D eigenvalue weighted by atomic mass is 9.99. The van der Waals surface area contributed by atoms with Gasteiger partial charge in [0.05, 0.1) is 0 Å². The van der Waals surface area contributed by atoms with E-state index in [0.717, 1.165) is 0 Å². The highest BCUT2D eigenvalue weighted by molar-refractivity contribution is 6.33.